The van der Waals surface area contributed by atoms with Crippen molar-refractivity contribution in [1.82, 2.24) is 30.0 Å². The third-order valence-electron chi connectivity index (χ3n) is 9.30. The normalized spacial score (nSPS) is 15.8. The molecule has 1 atom stereocenters. The fraction of sp³-hybridized carbons (Fsp3) is 0.308. The maximum absolute atomic E-state index is 13.3. The van der Waals surface area contributed by atoms with Crippen molar-refractivity contribution in [3.8, 4) is 11.4 Å². The number of piperidine rings is 1. The monoisotopic (exact) mass is 732 g/mol. The van der Waals surface area contributed by atoms with Gasteiger partial charge in [-0.05, 0) is 67.3 Å². The van der Waals surface area contributed by atoms with E-state index in [2.05, 4.69) is 31.1 Å². The van der Waals surface area contributed by atoms with Crippen LogP contribution in [0.5, 0.6) is 5.75 Å². The number of nitrogens with one attached hydrogen (secondary N) is 4. The number of urea groups is 1. The number of hydrogen-bond acceptors (Lipinski definition) is 9. The lowest BCUT2D eigenvalue weighted by atomic mass is 9.92. The highest BCUT2D eigenvalue weighted by Crippen LogP contribution is 2.31. The van der Waals surface area contributed by atoms with Crippen LogP contribution in [0.4, 0.5) is 16.3 Å². The Bertz CT molecular complexity index is 2250. The summed E-state index contributed by atoms with van der Waals surface area (Å²) in [6, 6.07) is 18.6. The Kier molecular flexibility index (Phi) is 9.97. The fourth-order valence-corrected chi connectivity index (χ4v) is 6.53. The first kappa shape index (κ1) is 36.0. The molecule has 1 unspecified atom stereocenters. The molecule has 54 heavy (non-hydrogen) atoms. The molecular formula is C39H40N8O7. The number of nitrogens with zero attached hydrogens (tertiary/aromatic N) is 4. The zero-order valence-electron chi connectivity index (χ0n) is 30.1. The summed E-state index contributed by atoms with van der Waals surface area (Å²) in [6.07, 6.45) is 3.03. The van der Waals surface area contributed by atoms with Crippen LogP contribution in [-0.4, -0.2) is 80.2 Å². The number of anilines is 2. The number of H-pyrrole nitrogens is 1. The van der Waals surface area contributed by atoms with Crippen molar-refractivity contribution in [3.63, 3.8) is 0 Å². The number of imide groups is 2. The van der Waals surface area contributed by atoms with Gasteiger partial charge in [-0.2, -0.15) is 5.10 Å². The standard InChI is InChI=1S/C39H40N8O7/c1-39(2,3)31-21-32(45-44-31)42-38(52)41-24-9-11-25(12-10-24)46-22-40-28-20-26(13-14-29(28)46)54-19-18-53-17-5-7-23-6-4-8-27-34(23)37(51)47(36(27)50)30-15-16-33(48)43-35(30)49/h4,6,8-14,20-22,30H,5,7,15-19H2,1-3H3,(H,43,48,49)(H3,41,42,44,45,52). The lowest BCUT2D eigenvalue weighted by molar-refractivity contribution is -0.136. The topological polar surface area (TPSA) is 190 Å². The summed E-state index contributed by atoms with van der Waals surface area (Å²) >= 11 is 0. The molecule has 0 spiro atoms. The number of fused-ring (bicyclic) bond motifs is 2. The van der Waals surface area contributed by atoms with E-state index in [0.29, 0.717) is 61.0 Å². The molecule has 4 N–H and O–H groups in total. The summed E-state index contributed by atoms with van der Waals surface area (Å²) < 4.78 is 13.6. The van der Waals surface area contributed by atoms with E-state index in [1.807, 2.05) is 73.9 Å². The van der Waals surface area contributed by atoms with Crippen LogP contribution in [0.15, 0.2) is 73.1 Å². The molecule has 1 saturated heterocycles. The molecule has 4 heterocycles. The molecule has 278 valence electrons. The zero-order valence-corrected chi connectivity index (χ0v) is 30.1. The number of ether oxygens (including phenoxy) is 2. The van der Waals surface area contributed by atoms with Crippen molar-refractivity contribution in [2.24, 2.45) is 0 Å². The smallest absolute Gasteiger partial charge is 0.324 e. The van der Waals surface area contributed by atoms with E-state index in [9.17, 15) is 24.0 Å². The van der Waals surface area contributed by atoms with Gasteiger partial charge >= 0.3 is 6.03 Å². The molecular weight excluding hydrogens is 692 g/mol. The van der Waals surface area contributed by atoms with Crippen molar-refractivity contribution in [2.75, 3.05) is 30.5 Å². The quantitative estimate of drug-likeness (QED) is 0.0997. The molecule has 0 bridgehead atoms. The minimum Gasteiger partial charge on any atom is -0.491 e. The maximum Gasteiger partial charge on any atom is 0.324 e. The van der Waals surface area contributed by atoms with E-state index < -0.39 is 29.7 Å². The number of hydrogen-bond donors (Lipinski definition) is 4. The third kappa shape index (κ3) is 7.57. The zero-order chi connectivity index (χ0) is 38.0. The molecule has 2 aliphatic rings. The highest BCUT2D eigenvalue weighted by atomic mass is 16.5. The van der Waals surface area contributed by atoms with Crippen molar-refractivity contribution in [3.05, 3.63) is 95.4 Å². The first-order chi connectivity index (χ1) is 26.0. The lowest BCUT2D eigenvalue weighted by Gasteiger charge is -2.27. The molecule has 1 fully saturated rings. The molecule has 15 heteroatoms. The van der Waals surface area contributed by atoms with E-state index in [4.69, 9.17) is 9.47 Å². The Labute approximate surface area is 310 Å². The van der Waals surface area contributed by atoms with Gasteiger partial charge in [0.25, 0.3) is 11.8 Å². The van der Waals surface area contributed by atoms with Gasteiger partial charge in [0, 0.05) is 42.0 Å². The van der Waals surface area contributed by atoms with Crippen molar-refractivity contribution in [1.29, 1.82) is 0 Å². The number of carbonyl (C=O) groups excluding carboxylic acids is 5. The van der Waals surface area contributed by atoms with Crippen LogP contribution in [0.1, 0.15) is 72.0 Å². The highest BCUT2D eigenvalue weighted by molar-refractivity contribution is 6.24. The van der Waals surface area contributed by atoms with Crippen LogP contribution < -0.4 is 20.7 Å². The second kappa shape index (κ2) is 14.9. The van der Waals surface area contributed by atoms with Crippen LogP contribution in [-0.2, 0) is 26.2 Å². The predicted octanol–water partition coefficient (Wildman–Crippen LogP) is 5.12. The Morgan fingerprint density at radius 1 is 0.944 bits per heavy atom. The Hall–Kier alpha value is -6.35. The molecule has 0 aliphatic carbocycles. The molecule has 0 radical (unpaired) electrons. The summed E-state index contributed by atoms with van der Waals surface area (Å²) in [4.78, 5) is 68.4. The fourth-order valence-electron chi connectivity index (χ4n) is 6.53. The molecule has 0 saturated carbocycles. The number of aryl methyl sites for hydroxylation is 1. The average Bonchev–Trinajstić information content (AvgIpc) is 3.85. The summed E-state index contributed by atoms with van der Waals surface area (Å²) in [5, 5.41) is 14.9. The minimum atomic E-state index is -0.998. The molecule has 15 nitrogen and oxygen atoms in total. The highest BCUT2D eigenvalue weighted by Gasteiger charge is 2.45. The number of amides is 6. The second-order valence-corrected chi connectivity index (χ2v) is 14.2. The van der Waals surface area contributed by atoms with E-state index in [1.165, 1.54) is 0 Å². The largest absolute Gasteiger partial charge is 0.491 e. The summed E-state index contributed by atoms with van der Waals surface area (Å²) in [5.74, 6) is -0.903. The number of rotatable bonds is 12. The van der Waals surface area contributed by atoms with E-state index >= 15 is 0 Å². The number of imidazole rings is 1. The molecule has 5 aromatic rings. The average molecular weight is 733 g/mol. The SMILES string of the molecule is CC(C)(C)c1cc(NC(=O)Nc2ccc(-n3cnc4cc(OCCOCCCc5cccc6c5C(=O)N(C5CCC(=O)NC5=O)C6=O)ccc43)cc2)[nH]n1. The van der Waals surface area contributed by atoms with Gasteiger partial charge in [0.05, 0.1) is 34.5 Å². The van der Waals surface area contributed by atoms with Gasteiger partial charge in [0.1, 0.15) is 30.5 Å². The predicted molar refractivity (Wildman–Crippen MR) is 199 cm³/mol. The number of benzene rings is 3. The van der Waals surface area contributed by atoms with Gasteiger partial charge in [-0.1, -0.05) is 32.9 Å². The molecule has 2 aromatic heterocycles. The second-order valence-electron chi connectivity index (χ2n) is 14.2. The number of aromatic amines is 1. The van der Waals surface area contributed by atoms with Crippen molar-refractivity contribution < 1.29 is 33.4 Å². The maximum atomic E-state index is 13.3. The molecule has 6 amide bonds. The van der Waals surface area contributed by atoms with E-state index in [1.54, 1.807) is 24.5 Å². The van der Waals surface area contributed by atoms with Crippen LogP contribution in [0.25, 0.3) is 16.7 Å². The first-order valence-electron chi connectivity index (χ1n) is 17.7. The molecule has 7 rings (SSSR count). The summed E-state index contributed by atoms with van der Waals surface area (Å²) in [5.41, 5.74) is 5.15. The van der Waals surface area contributed by atoms with Crippen LogP contribution in [0.2, 0.25) is 0 Å². The Morgan fingerprint density at radius 3 is 2.52 bits per heavy atom. The van der Waals surface area contributed by atoms with Gasteiger partial charge in [-0.15, -0.1) is 0 Å². The van der Waals surface area contributed by atoms with E-state index in [0.717, 1.165) is 27.3 Å². The van der Waals surface area contributed by atoms with Gasteiger partial charge in [0.2, 0.25) is 11.8 Å². The number of carbonyl (C=O) groups is 5. The molecule has 2 aliphatic heterocycles. The minimum absolute atomic E-state index is 0.0719. The Morgan fingerprint density at radius 2 is 1.76 bits per heavy atom. The summed E-state index contributed by atoms with van der Waals surface area (Å²) in [7, 11) is 0. The van der Waals surface area contributed by atoms with Crippen LogP contribution >= 0.6 is 0 Å². The molecule has 3 aromatic carbocycles. The third-order valence-corrected chi connectivity index (χ3v) is 9.30. The van der Waals surface area contributed by atoms with Crippen molar-refractivity contribution >= 4 is 52.2 Å². The van der Waals surface area contributed by atoms with Gasteiger partial charge in [-0.25, -0.2) is 9.78 Å². The lowest BCUT2D eigenvalue weighted by Crippen LogP contribution is -2.54. The van der Waals surface area contributed by atoms with E-state index in [-0.39, 0.29) is 29.9 Å². The van der Waals surface area contributed by atoms with Crippen molar-refractivity contribution in [2.45, 2.75) is 57.9 Å². The number of aromatic nitrogens is 4. The van der Waals surface area contributed by atoms with Crippen LogP contribution in [0, 0.1) is 0 Å². The first-order valence-corrected chi connectivity index (χ1v) is 17.7. The van der Waals surface area contributed by atoms with Gasteiger partial charge < -0.3 is 14.8 Å². The van der Waals surface area contributed by atoms with Crippen LogP contribution in [0.3, 0.4) is 0 Å². The Balaban J connectivity index is 0.859. The summed E-state index contributed by atoms with van der Waals surface area (Å²) in [6.45, 7) is 7.22. The van der Waals surface area contributed by atoms with Gasteiger partial charge in [0.15, 0.2) is 0 Å². The van der Waals surface area contributed by atoms with Gasteiger partial charge in [-0.3, -0.25) is 44.4 Å².